The van der Waals surface area contributed by atoms with Gasteiger partial charge in [-0.3, -0.25) is 4.79 Å². The van der Waals surface area contributed by atoms with Crippen LogP contribution in [0.3, 0.4) is 0 Å². The van der Waals surface area contributed by atoms with E-state index in [4.69, 9.17) is 4.74 Å². The second kappa shape index (κ2) is 8.36. The van der Waals surface area contributed by atoms with E-state index >= 15 is 0 Å². The monoisotopic (exact) mass is 315 g/mol. The molecule has 1 amide bonds. The van der Waals surface area contributed by atoms with E-state index in [0.717, 1.165) is 36.4 Å². The Balaban J connectivity index is 2.18. The van der Waals surface area contributed by atoms with Crippen molar-refractivity contribution in [2.75, 3.05) is 7.11 Å². The van der Waals surface area contributed by atoms with Crippen molar-refractivity contribution >= 4 is 5.91 Å². The molecule has 0 saturated heterocycles. The highest BCUT2D eigenvalue weighted by Crippen LogP contribution is 2.23. The highest BCUT2D eigenvalue weighted by atomic mass is 16.5. The lowest BCUT2D eigenvalue weighted by atomic mass is 10.1. The van der Waals surface area contributed by atoms with Crippen LogP contribution in [0.1, 0.15) is 50.0 Å². The van der Waals surface area contributed by atoms with Crippen LogP contribution in [0.5, 0.6) is 5.75 Å². The van der Waals surface area contributed by atoms with Crippen molar-refractivity contribution in [1.29, 1.82) is 0 Å². The molecule has 0 radical (unpaired) electrons. The number of hydrogen-bond donors (Lipinski definition) is 1. The van der Waals surface area contributed by atoms with Gasteiger partial charge in [0.15, 0.2) is 0 Å². The summed E-state index contributed by atoms with van der Waals surface area (Å²) in [5.74, 6) is 1.67. The Labute approximate surface area is 137 Å². The van der Waals surface area contributed by atoms with Gasteiger partial charge in [0.25, 0.3) is 0 Å². The minimum absolute atomic E-state index is 0.0577. The number of nitrogens with zero attached hydrogens (tertiary/aromatic N) is 2. The molecule has 2 rings (SSSR count). The number of carbonyl (C=O) groups is 1. The van der Waals surface area contributed by atoms with Crippen molar-refractivity contribution in [1.82, 2.24) is 14.9 Å². The van der Waals surface area contributed by atoms with Crippen LogP contribution in [0.25, 0.3) is 0 Å². The smallest absolute Gasteiger partial charge is 0.220 e. The summed E-state index contributed by atoms with van der Waals surface area (Å²) in [6, 6.07) is 7.47. The van der Waals surface area contributed by atoms with E-state index in [0.29, 0.717) is 6.42 Å². The fourth-order valence-electron chi connectivity index (χ4n) is 2.52. The minimum atomic E-state index is -0.255. The molecule has 124 valence electrons. The number of hydrogen-bond acceptors (Lipinski definition) is 3. The predicted molar refractivity (Wildman–Crippen MR) is 90.3 cm³/mol. The van der Waals surface area contributed by atoms with Gasteiger partial charge in [-0.2, -0.15) is 0 Å². The maximum Gasteiger partial charge on any atom is 0.220 e. The Hall–Kier alpha value is -2.30. The number of ether oxygens (including phenoxy) is 1. The van der Waals surface area contributed by atoms with Crippen LogP contribution < -0.4 is 10.1 Å². The largest absolute Gasteiger partial charge is 0.497 e. The number of rotatable bonds is 8. The Morgan fingerprint density at radius 1 is 1.30 bits per heavy atom. The molecule has 0 unspecified atom stereocenters. The Bertz CT molecular complexity index is 619. The van der Waals surface area contributed by atoms with Crippen molar-refractivity contribution < 1.29 is 9.53 Å². The van der Waals surface area contributed by atoms with E-state index in [-0.39, 0.29) is 11.9 Å². The molecule has 0 saturated carbocycles. The van der Waals surface area contributed by atoms with Crippen LogP contribution >= 0.6 is 0 Å². The summed E-state index contributed by atoms with van der Waals surface area (Å²) in [5, 5.41) is 3.11. The first-order chi connectivity index (χ1) is 11.2. The maximum atomic E-state index is 12.3. The summed E-state index contributed by atoms with van der Waals surface area (Å²) in [6.07, 6.45) is 7.27. The second-order valence-electron chi connectivity index (χ2n) is 5.63. The average Bonchev–Trinajstić information content (AvgIpc) is 2.99. The van der Waals surface area contributed by atoms with Crippen molar-refractivity contribution in [2.24, 2.45) is 7.05 Å². The van der Waals surface area contributed by atoms with Crippen LogP contribution in [0.4, 0.5) is 0 Å². The molecular formula is C18H25N3O2. The fraction of sp³-hybridized carbons (Fsp3) is 0.444. The first-order valence-electron chi connectivity index (χ1n) is 8.06. The van der Waals surface area contributed by atoms with Gasteiger partial charge in [0.2, 0.25) is 5.91 Å². The van der Waals surface area contributed by atoms with Gasteiger partial charge in [-0.25, -0.2) is 4.98 Å². The summed E-state index contributed by atoms with van der Waals surface area (Å²) < 4.78 is 7.13. The number of nitrogens with one attached hydrogen (secondary N) is 1. The fourth-order valence-corrected chi connectivity index (χ4v) is 2.52. The van der Waals surface area contributed by atoms with Gasteiger partial charge in [0, 0.05) is 25.9 Å². The van der Waals surface area contributed by atoms with Gasteiger partial charge in [0.1, 0.15) is 17.6 Å². The molecule has 1 atom stereocenters. The zero-order valence-electron chi connectivity index (χ0n) is 14.1. The standard InChI is InChI=1S/C18H25N3O2/c1-4-5-6-7-16(22)20-17(18-19-12-13-21(18)2)14-8-10-15(23-3)11-9-14/h8-13,17H,4-7H2,1-3H3,(H,20,22)/t17-/m0/s1. The topological polar surface area (TPSA) is 56.1 Å². The molecule has 1 aromatic heterocycles. The van der Waals surface area contributed by atoms with E-state index < -0.39 is 0 Å². The number of benzene rings is 1. The van der Waals surface area contributed by atoms with Crippen LogP contribution in [-0.4, -0.2) is 22.6 Å². The van der Waals surface area contributed by atoms with Crippen LogP contribution in [0, 0.1) is 0 Å². The van der Waals surface area contributed by atoms with Gasteiger partial charge in [-0.05, 0) is 24.1 Å². The summed E-state index contributed by atoms with van der Waals surface area (Å²) in [7, 11) is 3.57. The molecule has 5 nitrogen and oxygen atoms in total. The van der Waals surface area contributed by atoms with Gasteiger partial charge in [-0.15, -0.1) is 0 Å². The van der Waals surface area contributed by atoms with Crippen molar-refractivity contribution in [3.05, 3.63) is 48.0 Å². The molecule has 1 aromatic carbocycles. The molecule has 1 heterocycles. The van der Waals surface area contributed by atoms with Crippen LogP contribution in [-0.2, 0) is 11.8 Å². The lowest BCUT2D eigenvalue weighted by Gasteiger charge is -2.19. The average molecular weight is 315 g/mol. The third-order valence-electron chi connectivity index (χ3n) is 3.88. The number of aromatic nitrogens is 2. The molecule has 0 aliphatic carbocycles. The van der Waals surface area contributed by atoms with Crippen molar-refractivity contribution in [3.8, 4) is 5.75 Å². The minimum Gasteiger partial charge on any atom is -0.497 e. The molecular weight excluding hydrogens is 290 g/mol. The SMILES string of the molecule is CCCCCC(=O)N[C@@H](c1ccc(OC)cc1)c1nccn1C. The Morgan fingerprint density at radius 2 is 2.04 bits per heavy atom. The first-order valence-corrected chi connectivity index (χ1v) is 8.06. The van der Waals surface area contributed by atoms with E-state index in [1.165, 1.54) is 0 Å². The number of methoxy groups -OCH3 is 1. The molecule has 0 aliphatic rings. The molecule has 0 spiro atoms. The van der Waals surface area contributed by atoms with E-state index in [2.05, 4.69) is 17.2 Å². The second-order valence-corrected chi connectivity index (χ2v) is 5.63. The molecule has 0 fully saturated rings. The number of amides is 1. The van der Waals surface area contributed by atoms with Gasteiger partial charge < -0.3 is 14.6 Å². The van der Waals surface area contributed by atoms with E-state index in [9.17, 15) is 4.79 Å². The number of unbranched alkanes of at least 4 members (excludes halogenated alkanes) is 2. The number of imidazole rings is 1. The highest BCUT2D eigenvalue weighted by molar-refractivity contribution is 5.76. The zero-order chi connectivity index (χ0) is 16.7. The lowest BCUT2D eigenvalue weighted by molar-refractivity contribution is -0.121. The molecule has 1 N–H and O–H groups in total. The Morgan fingerprint density at radius 3 is 2.61 bits per heavy atom. The maximum absolute atomic E-state index is 12.3. The summed E-state index contributed by atoms with van der Waals surface area (Å²) in [6.45, 7) is 2.13. The van der Waals surface area contributed by atoms with Gasteiger partial charge in [0.05, 0.1) is 7.11 Å². The van der Waals surface area contributed by atoms with Crippen molar-refractivity contribution in [2.45, 2.75) is 38.6 Å². The quantitative estimate of drug-likeness (QED) is 0.761. The summed E-state index contributed by atoms with van der Waals surface area (Å²) >= 11 is 0. The summed E-state index contributed by atoms with van der Waals surface area (Å²) in [5.41, 5.74) is 0.990. The van der Waals surface area contributed by atoms with Crippen LogP contribution in [0.15, 0.2) is 36.7 Å². The zero-order valence-corrected chi connectivity index (χ0v) is 14.1. The van der Waals surface area contributed by atoms with Gasteiger partial charge >= 0.3 is 0 Å². The third kappa shape index (κ3) is 4.58. The molecule has 5 heteroatoms. The number of aryl methyl sites for hydroxylation is 1. The van der Waals surface area contributed by atoms with Gasteiger partial charge in [-0.1, -0.05) is 31.9 Å². The normalized spacial score (nSPS) is 12.0. The van der Waals surface area contributed by atoms with Crippen LogP contribution in [0.2, 0.25) is 0 Å². The molecule has 0 aliphatic heterocycles. The first kappa shape index (κ1) is 17.1. The molecule has 23 heavy (non-hydrogen) atoms. The number of carbonyl (C=O) groups excluding carboxylic acids is 1. The third-order valence-corrected chi connectivity index (χ3v) is 3.88. The van der Waals surface area contributed by atoms with Crippen molar-refractivity contribution in [3.63, 3.8) is 0 Å². The lowest BCUT2D eigenvalue weighted by Crippen LogP contribution is -2.30. The predicted octanol–water partition coefficient (Wildman–Crippen LogP) is 3.21. The Kier molecular flexibility index (Phi) is 6.20. The molecule has 2 aromatic rings. The molecule has 0 bridgehead atoms. The van der Waals surface area contributed by atoms with E-state index in [1.807, 2.05) is 42.1 Å². The highest BCUT2D eigenvalue weighted by Gasteiger charge is 2.20. The summed E-state index contributed by atoms with van der Waals surface area (Å²) in [4.78, 5) is 16.7. The van der Waals surface area contributed by atoms with E-state index in [1.54, 1.807) is 13.3 Å².